The highest BCUT2D eigenvalue weighted by Crippen LogP contribution is 2.39. The molecular formula is C29H51N3O10. The largest absolute Gasteiger partial charge is 0.393 e. The van der Waals surface area contributed by atoms with E-state index in [0.717, 1.165) is 0 Å². The van der Waals surface area contributed by atoms with Crippen LogP contribution in [-0.4, -0.2) is 116 Å². The number of aliphatic hydroxyl groups is 5. The van der Waals surface area contributed by atoms with Crippen LogP contribution in [0.1, 0.15) is 60.3 Å². The molecule has 0 aromatic heterocycles. The average molecular weight is 602 g/mol. The van der Waals surface area contributed by atoms with Gasteiger partial charge in [-0.15, -0.1) is 0 Å². The summed E-state index contributed by atoms with van der Waals surface area (Å²) in [6.45, 7) is 9.50. The number of aliphatic hydroxyl groups excluding tert-OH is 4. The molecule has 242 valence electrons. The van der Waals surface area contributed by atoms with Crippen molar-refractivity contribution in [2.75, 3.05) is 13.1 Å². The highest BCUT2D eigenvalue weighted by Gasteiger charge is 2.52. The number of carbonyl (C=O) groups is 2. The third kappa shape index (κ3) is 8.48. The fourth-order valence-corrected chi connectivity index (χ4v) is 5.83. The molecule has 0 bridgehead atoms. The summed E-state index contributed by atoms with van der Waals surface area (Å²) >= 11 is 0. The Kier molecular flexibility index (Phi) is 11.9. The molecule has 0 saturated carbocycles. The van der Waals surface area contributed by atoms with E-state index >= 15 is 0 Å². The SMILES string of the molecule is CC(C)/C=C/[C@@H](CC1O[C@](O)(C[C@@H](O)C(C)C)C[C@H](O)[C@H]1C(=O)N1CC[C@H](C(N)=O)C1)OC1OC(C)C(O)C(N)C1O. The molecule has 0 aromatic rings. The number of likely N-dealkylation sites (tertiary alicyclic amines) is 1. The summed E-state index contributed by atoms with van der Waals surface area (Å²) in [6, 6.07) is -1.02. The Balaban J connectivity index is 1.91. The second-order valence-corrected chi connectivity index (χ2v) is 12.9. The number of amides is 2. The molecule has 3 rings (SSSR count). The Morgan fingerprint density at radius 2 is 1.81 bits per heavy atom. The Morgan fingerprint density at radius 3 is 2.38 bits per heavy atom. The Hall–Kier alpha value is -1.68. The summed E-state index contributed by atoms with van der Waals surface area (Å²) in [4.78, 5) is 27.0. The molecule has 0 radical (unpaired) electrons. The molecule has 3 aliphatic heterocycles. The van der Waals surface area contributed by atoms with Gasteiger partial charge in [0.15, 0.2) is 12.1 Å². The molecule has 6 unspecified atom stereocenters. The molecule has 0 aromatic carbocycles. The first kappa shape index (κ1) is 34.8. The van der Waals surface area contributed by atoms with E-state index in [1.54, 1.807) is 26.8 Å². The van der Waals surface area contributed by atoms with E-state index in [4.69, 9.17) is 25.7 Å². The molecule has 3 aliphatic rings. The van der Waals surface area contributed by atoms with Gasteiger partial charge in [-0.05, 0) is 25.2 Å². The first-order chi connectivity index (χ1) is 19.5. The van der Waals surface area contributed by atoms with Gasteiger partial charge in [0.2, 0.25) is 11.8 Å². The fourth-order valence-electron chi connectivity index (χ4n) is 5.83. The van der Waals surface area contributed by atoms with Crippen molar-refractivity contribution in [1.82, 2.24) is 4.90 Å². The topological polar surface area (TPSA) is 218 Å². The molecule has 3 heterocycles. The fraction of sp³-hybridized carbons (Fsp3) is 0.862. The Labute approximate surface area is 247 Å². The maximum Gasteiger partial charge on any atom is 0.230 e. The lowest BCUT2D eigenvalue weighted by Gasteiger charge is -2.46. The van der Waals surface area contributed by atoms with E-state index in [-0.39, 0.29) is 44.2 Å². The first-order valence-corrected chi connectivity index (χ1v) is 15.0. The molecule has 0 aliphatic carbocycles. The van der Waals surface area contributed by atoms with Gasteiger partial charge in [-0.3, -0.25) is 9.59 Å². The Morgan fingerprint density at radius 1 is 1.14 bits per heavy atom. The molecule has 13 nitrogen and oxygen atoms in total. The lowest BCUT2D eigenvalue weighted by molar-refractivity contribution is -0.308. The van der Waals surface area contributed by atoms with Gasteiger partial charge >= 0.3 is 0 Å². The second kappa shape index (κ2) is 14.4. The summed E-state index contributed by atoms with van der Waals surface area (Å²) in [5.74, 6) is -4.58. The van der Waals surface area contributed by atoms with Gasteiger partial charge in [0.25, 0.3) is 0 Å². The van der Waals surface area contributed by atoms with Crippen molar-refractivity contribution >= 4 is 11.8 Å². The summed E-state index contributed by atoms with van der Waals surface area (Å²) in [7, 11) is 0. The van der Waals surface area contributed by atoms with Gasteiger partial charge in [-0.2, -0.15) is 0 Å². The van der Waals surface area contributed by atoms with Gasteiger partial charge in [-0.25, -0.2) is 0 Å². The highest BCUT2D eigenvalue weighted by molar-refractivity contribution is 5.83. The molecule has 13 heteroatoms. The van der Waals surface area contributed by atoms with Crippen LogP contribution in [0.4, 0.5) is 0 Å². The molecule has 3 fully saturated rings. The van der Waals surface area contributed by atoms with Crippen molar-refractivity contribution < 1.29 is 49.3 Å². The number of hydrogen-bond acceptors (Lipinski definition) is 11. The van der Waals surface area contributed by atoms with Crippen LogP contribution >= 0.6 is 0 Å². The van der Waals surface area contributed by atoms with Gasteiger partial charge in [-0.1, -0.05) is 39.8 Å². The lowest BCUT2D eigenvalue weighted by atomic mass is 9.81. The van der Waals surface area contributed by atoms with E-state index in [9.17, 15) is 35.1 Å². The van der Waals surface area contributed by atoms with Crippen LogP contribution in [0.15, 0.2) is 12.2 Å². The normalized spacial score (nSPS) is 39.3. The molecule has 0 spiro atoms. The van der Waals surface area contributed by atoms with E-state index in [0.29, 0.717) is 6.42 Å². The molecular weight excluding hydrogens is 550 g/mol. The second-order valence-electron chi connectivity index (χ2n) is 12.9. The van der Waals surface area contributed by atoms with Crippen molar-refractivity contribution in [2.24, 2.45) is 35.1 Å². The van der Waals surface area contributed by atoms with Crippen molar-refractivity contribution in [2.45, 2.75) is 121 Å². The van der Waals surface area contributed by atoms with Gasteiger partial charge in [0.05, 0.1) is 54.5 Å². The van der Waals surface area contributed by atoms with Crippen molar-refractivity contribution in [3.05, 3.63) is 12.2 Å². The van der Waals surface area contributed by atoms with Crippen molar-refractivity contribution in [1.29, 1.82) is 0 Å². The number of nitrogens with two attached hydrogens (primary N) is 2. The molecule has 42 heavy (non-hydrogen) atoms. The number of carbonyl (C=O) groups excluding carboxylic acids is 2. The molecule has 2 amide bonds. The van der Waals surface area contributed by atoms with E-state index in [1.165, 1.54) is 4.90 Å². The number of rotatable bonds is 11. The molecule has 3 saturated heterocycles. The predicted octanol–water partition coefficient (Wildman–Crippen LogP) is -1.04. The zero-order chi connectivity index (χ0) is 31.5. The van der Waals surface area contributed by atoms with Crippen LogP contribution in [0.3, 0.4) is 0 Å². The smallest absolute Gasteiger partial charge is 0.230 e. The van der Waals surface area contributed by atoms with E-state index < -0.39 is 84.5 Å². The minimum absolute atomic E-state index is 0.0391. The van der Waals surface area contributed by atoms with Gasteiger partial charge in [0, 0.05) is 32.4 Å². The quantitative estimate of drug-likeness (QED) is 0.142. The van der Waals surface area contributed by atoms with Crippen molar-refractivity contribution in [3.63, 3.8) is 0 Å². The zero-order valence-corrected chi connectivity index (χ0v) is 25.3. The van der Waals surface area contributed by atoms with Crippen LogP contribution in [0.2, 0.25) is 0 Å². The number of hydrogen-bond donors (Lipinski definition) is 7. The minimum Gasteiger partial charge on any atom is -0.393 e. The predicted molar refractivity (Wildman–Crippen MR) is 151 cm³/mol. The summed E-state index contributed by atoms with van der Waals surface area (Å²) in [5, 5.41) is 54.1. The van der Waals surface area contributed by atoms with Crippen LogP contribution < -0.4 is 11.5 Å². The Bertz CT molecular complexity index is 951. The highest BCUT2D eigenvalue weighted by atomic mass is 16.7. The summed E-state index contributed by atoms with van der Waals surface area (Å²) in [6.07, 6.45) is -5.09. The third-order valence-corrected chi connectivity index (χ3v) is 8.58. The number of nitrogens with zero attached hydrogens (tertiary/aromatic N) is 1. The third-order valence-electron chi connectivity index (χ3n) is 8.58. The molecule has 9 N–H and O–H groups in total. The monoisotopic (exact) mass is 601 g/mol. The number of primary amides is 1. The summed E-state index contributed by atoms with van der Waals surface area (Å²) in [5.41, 5.74) is 11.5. The maximum atomic E-state index is 13.8. The zero-order valence-electron chi connectivity index (χ0n) is 25.3. The first-order valence-electron chi connectivity index (χ1n) is 15.0. The van der Waals surface area contributed by atoms with E-state index in [1.807, 2.05) is 19.9 Å². The number of ether oxygens (including phenoxy) is 3. The standard InChI is InChI=1S/C29H51N3O10/c1-14(2)6-7-18(41-28-25(36)23(30)24(35)16(5)40-28)10-21-22(27(38)32-9-8-17(13-32)26(31)37)20(34)12-29(39,42-21)11-19(33)15(3)4/h6-7,14-25,28,33-36,39H,8-13,30H2,1-5H3,(H2,31,37)/b7-6+/t16?,17-,18-,19+,20-,21?,22+,23?,24?,25?,28?,29+/m0/s1. The number of allylic oxidation sites excluding steroid dienone is 1. The molecule has 12 atom stereocenters. The van der Waals surface area contributed by atoms with Crippen LogP contribution in [0.25, 0.3) is 0 Å². The summed E-state index contributed by atoms with van der Waals surface area (Å²) < 4.78 is 18.0. The lowest BCUT2D eigenvalue weighted by Crippen LogP contribution is -2.62. The minimum atomic E-state index is -1.93. The van der Waals surface area contributed by atoms with Gasteiger partial charge in [0.1, 0.15) is 6.10 Å². The van der Waals surface area contributed by atoms with Crippen LogP contribution in [0, 0.1) is 23.7 Å². The average Bonchev–Trinajstić information content (AvgIpc) is 3.39. The van der Waals surface area contributed by atoms with Crippen LogP contribution in [0.5, 0.6) is 0 Å². The van der Waals surface area contributed by atoms with Gasteiger partial charge < -0.3 is 56.1 Å². The maximum absolute atomic E-state index is 13.8. The van der Waals surface area contributed by atoms with E-state index in [2.05, 4.69) is 0 Å². The van der Waals surface area contributed by atoms with Crippen LogP contribution in [-0.2, 0) is 23.8 Å². The van der Waals surface area contributed by atoms with Crippen molar-refractivity contribution in [3.8, 4) is 0 Å².